The monoisotopic (exact) mass is 321 g/mol. The summed E-state index contributed by atoms with van der Waals surface area (Å²) in [5.41, 5.74) is 9.57. The van der Waals surface area contributed by atoms with Crippen LogP contribution in [0.15, 0.2) is 24.4 Å². The molecule has 2 aromatic rings. The van der Waals surface area contributed by atoms with E-state index in [9.17, 15) is 0 Å². The van der Waals surface area contributed by atoms with Crippen molar-refractivity contribution in [3.8, 4) is 5.82 Å². The summed E-state index contributed by atoms with van der Waals surface area (Å²) < 4.78 is 1.94. The first-order valence-corrected chi connectivity index (χ1v) is 7.59. The zero-order valence-corrected chi connectivity index (χ0v) is 14.0. The van der Waals surface area contributed by atoms with Gasteiger partial charge in [-0.1, -0.05) is 6.07 Å². The molecule has 3 rings (SSSR count). The number of rotatable bonds is 3. The largest absolute Gasteiger partial charge is 0.328 e. The Labute approximate surface area is 137 Å². The molecule has 0 amide bonds. The van der Waals surface area contributed by atoms with E-state index in [2.05, 4.69) is 28.8 Å². The number of halogens is 1. The van der Waals surface area contributed by atoms with Crippen molar-refractivity contribution in [3.63, 3.8) is 0 Å². The standard InChI is InChI=1S/C16H23N5.ClH/c1-12-15(11-20-9-6-14(17)7-10-20)13(2)21(19-12)16-5-3-4-8-18-16;/h3-5,8,14H,6-7,9-11,17H2,1-2H3;1H. The van der Waals surface area contributed by atoms with Crippen molar-refractivity contribution >= 4 is 12.4 Å². The number of piperidine rings is 1. The Kier molecular flexibility index (Phi) is 5.56. The maximum atomic E-state index is 5.98. The summed E-state index contributed by atoms with van der Waals surface area (Å²) in [7, 11) is 0. The second-order valence-corrected chi connectivity index (χ2v) is 5.86. The molecular formula is C16H24ClN5. The van der Waals surface area contributed by atoms with Crippen molar-refractivity contribution in [2.45, 2.75) is 39.3 Å². The lowest BCUT2D eigenvalue weighted by Gasteiger charge is -2.30. The predicted molar refractivity (Wildman–Crippen MR) is 90.6 cm³/mol. The molecule has 3 heterocycles. The van der Waals surface area contributed by atoms with E-state index in [0.29, 0.717) is 6.04 Å². The minimum Gasteiger partial charge on any atom is -0.328 e. The third-order valence-corrected chi connectivity index (χ3v) is 4.32. The summed E-state index contributed by atoms with van der Waals surface area (Å²) in [6.45, 7) is 7.32. The summed E-state index contributed by atoms with van der Waals surface area (Å²) in [6.07, 6.45) is 3.98. The Hall–Kier alpha value is -1.43. The highest BCUT2D eigenvalue weighted by Gasteiger charge is 2.20. The molecule has 1 fully saturated rings. The van der Waals surface area contributed by atoms with Crippen LogP contribution in [0.4, 0.5) is 0 Å². The molecule has 6 heteroatoms. The molecule has 2 N–H and O–H groups in total. The van der Waals surface area contributed by atoms with Gasteiger partial charge in [0.2, 0.25) is 0 Å². The molecule has 0 aliphatic carbocycles. The van der Waals surface area contributed by atoms with E-state index in [1.165, 1.54) is 11.3 Å². The molecule has 0 bridgehead atoms. The fourth-order valence-electron chi connectivity index (χ4n) is 2.94. The highest BCUT2D eigenvalue weighted by Crippen LogP contribution is 2.20. The van der Waals surface area contributed by atoms with E-state index in [1.807, 2.05) is 22.9 Å². The molecule has 1 aliphatic heterocycles. The molecule has 0 saturated carbocycles. The number of hydrogen-bond acceptors (Lipinski definition) is 4. The molecule has 2 aromatic heterocycles. The third kappa shape index (κ3) is 3.48. The second-order valence-electron chi connectivity index (χ2n) is 5.86. The van der Waals surface area contributed by atoms with Gasteiger partial charge in [-0.2, -0.15) is 5.10 Å². The number of nitrogens with two attached hydrogens (primary N) is 1. The van der Waals surface area contributed by atoms with Gasteiger partial charge in [-0.25, -0.2) is 9.67 Å². The van der Waals surface area contributed by atoms with Gasteiger partial charge in [0.25, 0.3) is 0 Å². The normalized spacial score (nSPS) is 16.5. The number of aryl methyl sites for hydroxylation is 1. The third-order valence-electron chi connectivity index (χ3n) is 4.32. The number of likely N-dealkylation sites (tertiary alicyclic amines) is 1. The Morgan fingerprint density at radius 1 is 1.23 bits per heavy atom. The summed E-state index contributed by atoms with van der Waals surface area (Å²) in [5, 5.41) is 4.66. The van der Waals surface area contributed by atoms with Crippen molar-refractivity contribution < 1.29 is 0 Å². The van der Waals surface area contributed by atoms with Gasteiger partial charge in [0.1, 0.15) is 0 Å². The summed E-state index contributed by atoms with van der Waals surface area (Å²) in [6, 6.07) is 6.28. The Bertz CT molecular complexity index is 602. The van der Waals surface area contributed by atoms with Crippen LogP contribution in [0.1, 0.15) is 29.8 Å². The van der Waals surface area contributed by atoms with E-state index in [4.69, 9.17) is 5.73 Å². The van der Waals surface area contributed by atoms with Crippen LogP contribution < -0.4 is 5.73 Å². The maximum absolute atomic E-state index is 5.98. The molecule has 1 aliphatic rings. The van der Waals surface area contributed by atoms with Gasteiger partial charge in [-0.05, 0) is 51.9 Å². The van der Waals surface area contributed by atoms with E-state index in [1.54, 1.807) is 6.20 Å². The second kappa shape index (κ2) is 7.22. The van der Waals surface area contributed by atoms with Crippen LogP contribution in [-0.4, -0.2) is 38.8 Å². The first-order chi connectivity index (χ1) is 10.1. The van der Waals surface area contributed by atoms with Crippen LogP contribution in [0.5, 0.6) is 0 Å². The SMILES string of the molecule is Cc1nn(-c2ccccn2)c(C)c1CN1CCC(N)CC1.Cl. The predicted octanol–water partition coefficient (Wildman–Crippen LogP) is 2.23. The molecule has 0 aromatic carbocycles. The van der Waals surface area contributed by atoms with Crippen LogP contribution in [-0.2, 0) is 6.54 Å². The lowest BCUT2D eigenvalue weighted by molar-refractivity contribution is 0.205. The lowest BCUT2D eigenvalue weighted by Crippen LogP contribution is -2.39. The average molecular weight is 322 g/mol. The van der Waals surface area contributed by atoms with Crippen LogP contribution in [0.2, 0.25) is 0 Å². The van der Waals surface area contributed by atoms with Crippen LogP contribution in [0.25, 0.3) is 5.82 Å². The number of nitrogens with zero attached hydrogens (tertiary/aromatic N) is 4. The van der Waals surface area contributed by atoms with E-state index in [0.717, 1.165) is 44.0 Å². The lowest BCUT2D eigenvalue weighted by atomic mass is 10.0. The van der Waals surface area contributed by atoms with Crippen LogP contribution in [0, 0.1) is 13.8 Å². The number of pyridine rings is 1. The first-order valence-electron chi connectivity index (χ1n) is 7.59. The van der Waals surface area contributed by atoms with Gasteiger partial charge < -0.3 is 5.73 Å². The van der Waals surface area contributed by atoms with Gasteiger partial charge in [0.15, 0.2) is 5.82 Å². The summed E-state index contributed by atoms with van der Waals surface area (Å²) >= 11 is 0. The zero-order chi connectivity index (χ0) is 14.8. The van der Waals surface area contributed by atoms with Crippen molar-refractivity contribution in [1.82, 2.24) is 19.7 Å². The molecule has 22 heavy (non-hydrogen) atoms. The molecule has 0 spiro atoms. The molecule has 0 atom stereocenters. The molecule has 0 radical (unpaired) electrons. The highest BCUT2D eigenvalue weighted by molar-refractivity contribution is 5.85. The van der Waals surface area contributed by atoms with Gasteiger partial charge in [0, 0.05) is 30.0 Å². The van der Waals surface area contributed by atoms with Crippen LogP contribution in [0.3, 0.4) is 0 Å². The van der Waals surface area contributed by atoms with Crippen molar-refractivity contribution in [2.24, 2.45) is 5.73 Å². The van der Waals surface area contributed by atoms with E-state index in [-0.39, 0.29) is 12.4 Å². The van der Waals surface area contributed by atoms with Crippen molar-refractivity contribution in [2.75, 3.05) is 13.1 Å². The quantitative estimate of drug-likeness (QED) is 0.941. The zero-order valence-electron chi connectivity index (χ0n) is 13.2. The smallest absolute Gasteiger partial charge is 0.153 e. The number of hydrogen-bond donors (Lipinski definition) is 1. The molecule has 120 valence electrons. The van der Waals surface area contributed by atoms with E-state index < -0.39 is 0 Å². The molecular weight excluding hydrogens is 298 g/mol. The Morgan fingerprint density at radius 3 is 2.59 bits per heavy atom. The van der Waals surface area contributed by atoms with Gasteiger partial charge in [0.05, 0.1) is 5.69 Å². The average Bonchev–Trinajstić information content (AvgIpc) is 2.78. The Balaban J connectivity index is 0.00000176. The minimum atomic E-state index is 0. The molecule has 0 unspecified atom stereocenters. The fraction of sp³-hybridized carbons (Fsp3) is 0.500. The number of aromatic nitrogens is 3. The fourth-order valence-corrected chi connectivity index (χ4v) is 2.94. The minimum absolute atomic E-state index is 0. The molecule has 1 saturated heterocycles. The Morgan fingerprint density at radius 2 is 1.95 bits per heavy atom. The van der Waals surface area contributed by atoms with E-state index >= 15 is 0 Å². The summed E-state index contributed by atoms with van der Waals surface area (Å²) in [5.74, 6) is 0.880. The summed E-state index contributed by atoms with van der Waals surface area (Å²) in [4.78, 5) is 6.87. The maximum Gasteiger partial charge on any atom is 0.153 e. The van der Waals surface area contributed by atoms with Crippen molar-refractivity contribution in [3.05, 3.63) is 41.3 Å². The van der Waals surface area contributed by atoms with Gasteiger partial charge in [-0.3, -0.25) is 4.90 Å². The van der Waals surface area contributed by atoms with Crippen LogP contribution >= 0.6 is 12.4 Å². The van der Waals surface area contributed by atoms with Gasteiger partial charge >= 0.3 is 0 Å². The first kappa shape index (κ1) is 16.9. The van der Waals surface area contributed by atoms with Gasteiger partial charge in [-0.15, -0.1) is 12.4 Å². The topological polar surface area (TPSA) is 60.0 Å². The highest BCUT2D eigenvalue weighted by atomic mass is 35.5. The van der Waals surface area contributed by atoms with Crippen molar-refractivity contribution in [1.29, 1.82) is 0 Å². The molecule has 5 nitrogen and oxygen atoms in total.